The summed E-state index contributed by atoms with van der Waals surface area (Å²) in [6.07, 6.45) is 1.53. The van der Waals surface area contributed by atoms with Gasteiger partial charge in [0.2, 0.25) is 0 Å². The van der Waals surface area contributed by atoms with Crippen LogP contribution in [0, 0.1) is 0 Å². The summed E-state index contributed by atoms with van der Waals surface area (Å²) >= 11 is 18.4. The van der Waals surface area contributed by atoms with Gasteiger partial charge in [0.15, 0.2) is 5.75 Å². The van der Waals surface area contributed by atoms with Gasteiger partial charge in [-0.2, -0.15) is 0 Å². The van der Waals surface area contributed by atoms with Crippen molar-refractivity contribution in [2.75, 3.05) is 4.90 Å². The van der Waals surface area contributed by atoms with Crippen LogP contribution < -0.4 is 15.0 Å². The minimum absolute atomic E-state index is 0.194. The summed E-state index contributed by atoms with van der Waals surface area (Å²) in [7, 11) is 0. The second-order valence-electron chi connectivity index (χ2n) is 5.06. The molecule has 25 heavy (non-hydrogen) atoms. The molecule has 0 saturated carbocycles. The van der Waals surface area contributed by atoms with Crippen LogP contribution in [0.5, 0.6) is 11.5 Å². The molecule has 1 aliphatic heterocycles. The highest BCUT2D eigenvalue weighted by atomic mass is 35.5. The van der Waals surface area contributed by atoms with Crippen LogP contribution in [0.4, 0.5) is 10.5 Å². The lowest BCUT2D eigenvalue weighted by Gasteiger charge is -2.18. The highest BCUT2D eigenvalue weighted by Crippen LogP contribution is 2.41. The highest BCUT2D eigenvalue weighted by Gasteiger charge is 2.34. The molecular formula is C17H11Cl3N2O3. The molecule has 1 heterocycles. The van der Waals surface area contributed by atoms with Crippen LogP contribution >= 0.6 is 34.8 Å². The Labute approximate surface area is 158 Å². The molecule has 8 heteroatoms. The summed E-state index contributed by atoms with van der Waals surface area (Å²) in [6.45, 7) is 1.65. The third-order valence-electron chi connectivity index (χ3n) is 3.45. The van der Waals surface area contributed by atoms with E-state index in [1.165, 1.54) is 23.1 Å². The van der Waals surface area contributed by atoms with Crippen LogP contribution in [0.15, 0.2) is 48.2 Å². The number of benzene rings is 2. The molecule has 0 unspecified atom stereocenters. The van der Waals surface area contributed by atoms with Crippen molar-refractivity contribution in [3.63, 3.8) is 0 Å². The van der Waals surface area contributed by atoms with Crippen molar-refractivity contribution in [1.82, 2.24) is 5.32 Å². The summed E-state index contributed by atoms with van der Waals surface area (Å²) in [6, 6.07) is 9.12. The van der Waals surface area contributed by atoms with Gasteiger partial charge in [0.05, 0.1) is 15.7 Å². The molecule has 1 saturated heterocycles. The van der Waals surface area contributed by atoms with Gasteiger partial charge in [0.1, 0.15) is 11.4 Å². The first-order chi connectivity index (χ1) is 11.9. The molecule has 128 valence electrons. The average Bonchev–Trinajstić information content (AvgIpc) is 2.85. The Hall–Kier alpha value is -2.21. The molecule has 2 aromatic rings. The number of nitrogens with zero attached hydrogens (tertiary/aromatic N) is 1. The van der Waals surface area contributed by atoms with E-state index in [0.717, 1.165) is 0 Å². The van der Waals surface area contributed by atoms with Gasteiger partial charge < -0.3 is 4.74 Å². The topological polar surface area (TPSA) is 58.6 Å². The normalized spacial score (nSPS) is 15.7. The standard InChI is InChI=1S/C17H11Cl3N2O3/c1-2-14-16(23)21-17(24)22(14)10-7-12(19)15(13(20)8-10)25-11-5-3-9(18)4-6-11/h2-8H,1H3,(H,21,23,24). The Bertz CT molecular complexity index is 872. The van der Waals surface area contributed by atoms with Crippen molar-refractivity contribution >= 4 is 52.4 Å². The van der Waals surface area contributed by atoms with Gasteiger partial charge in [0, 0.05) is 5.02 Å². The predicted molar refractivity (Wildman–Crippen MR) is 97.8 cm³/mol. The zero-order valence-corrected chi connectivity index (χ0v) is 15.1. The lowest BCUT2D eigenvalue weighted by Crippen LogP contribution is -2.27. The molecule has 0 radical (unpaired) electrons. The zero-order chi connectivity index (χ0) is 18.1. The molecule has 1 fully saturated rings. The van der Waals surface area contributed by atoms with Gasteiger partial charge in [0.25, 0.3) is 5.91 Å². The van der Waals surface area contributed by atoms with Crippen LogP contribution in [0.2, 0.25) is 15.1 Å². The maximum atomic E-state index is 12.0. The number of imide groups is 1. The molecule has 0 bridgehead atoms. The number of nitrogens with one attached hydrogen (secondary N) is 1. The number of carbonyl (C=O) groups excluding carboxylic acids is 2. The molecule has 3 rings (SSSR count). The first kappa shape index (κ1) is 17.6. The molecular weight excluding hydrogens is 387 g/mol. The number of amides is 3. The average molecular weight is 398 g/mol. The number of hydrogen-bond donors (Lipinski definition) is 1. The van der Waals surface area contributed by atoms with Crippen LogP contribution in [0.1, 0.15) is 6.92 Å². The van der Waals surface area contributed by atoms with Crippen molar-refractivity contribution in [2.24, 2.45) is 0 Å². The Balaban J connectivity index is 1.96. The Morgan fingerprint density at radius 1 is 1.04 bits per heavy atom. The number of urea groups is 1. The molecule has 3 amide bonds. The first-order valence-corrected chi connectivity index (χ1v) is 8.28. The van der Waals surface area contributed by atoms with Gasteiger partial charge in [-0.25, -0.2) is 4.79 Å². The third kappa shape index (κ3) is 3.44. The maximum Gasteiger partial charge on any atom is 0.333 e. The second-order valence-corrected chi connectivity index (χ2v) is 6.31. The molecule has 0 spiro atoms. The van der Waals surface area contributed by atoms with E-state index in [4.69, 9.17) is 39.5 Å². The van der Waals surface area contributed by atoms with Gasteiger partial charge in [-0.05, 0) is 43.3 Å². The van der Waals surface area contributed by atoms with E-state index in [0.29, 0.717) is 16.5 Å². The first-order valence-electron chi connectivity index (χ1n) is 7.15. The van der Waals surface area contributed by atoms with Crippen LogP contribution in [-0.4, -0.2) is 11.9 Å². The lowest BCUT2D eigenvalue weighted by atomic mass is 10.2. The molecule has 5 nitrogen and oxygen atoms in total. The molecule has 1 aliphatic rings. The van der Waals surface area contributed by atoms with E-state index < -0.39 is 11.9 Å². The minimum Gasteiger partial charge on any atom is -0.454 e. The smallest absolute Gasteiger partial charge is 0.333 e. The van der Waals surface area contributed by atoms with Crippen LogP contribution in [0.3, 0.4) is 0 Å². The van der Waals surface area contributed by atoms with Crippen LogP contribution in [-0.2, 0) is 4.79 Å². The number of halogens is 3. The van der Waals surface area contributed by atoms with Crippen molar-refractivity contribution < 1.29 is 14.3 Å². The summed E-state index contributed by atoms with van der Waals surface area (Å²) in [5.41, 5.74) is 0.554. The van der Waals surface area contributed by atoms with E-state index in [-0.39, 0.29) is 21.5 Å². The SMILES string of the molecule is CC=C1C(=O)NC(=O)N1c1cc(Cl)c(Oc2ccc(Cl)cc2)c(Cl)c1. The van der Waals surface area contributed by atoms with Gasteiger partial charge in [-0.1, -0.05) is 40.9 Å². The van der Waals surface area contributed by atoms with Crippen molar-refractivity contribution in [1.29, 1.82) is 0 Å². The van der Waals surface area contributed by atoms with E-state index in [9.17, 15) is 9.59 Å². The number of anilines is 1. The van der Waals surface area contributed by atoms with Crippen molar-refractivity contribution in [2.45, 2.75) is 6.92 Å². The van der Waals surface area contributed by atoms with Crippen LogP contribution in [0.25, 0.3) is 0 Å². The summed E-state index contributed by atoms with van der Waals surface area (Å²) in [5, 5.41) is 3.18. The largest absolute Gasteiger partial charge is 0.454 e. The molecule has 1 N–H and O–H groups in total. The minimum atomic E-state index is -0.573. The Morgan fingerprint density at radius 3 is 2.20 bits per heavy atom. The number of rotatable bonds is 3. The van der Waals surface area contributed by atoms with Crippen molar-refractivity contribution in [3.05, 3.63) is 63.2 Å². The van der Waals surface area contributed by atoms with E-state index >= 15 is 0 Å². The Kier molecular flexibility index (Phi) is 4.90. The predicted octanol–water partition coefficient (Wildman–Crippen LogP) is 5.40. The zero-order valence-electron chi connectivity index (χ0n) is 12.8. The monoisotopic (exact) mass is 396 g/mol. The lowest BCUT2D eigenvalue weighted by molar-refractivity contribution is -0.115. The molecule has 2 aromatic carbocycles. The van der Waals surface area contributed by atoms with E-state index in [2.05, 4.69) is 5.32 Å². The fraction of sp³-hybridized carbons (Fsp3) is 0.0588. The quantitative estimate of drug-likeness (QED) is 0.557. The third-order valence-corrected chi connectivity index (χ3v) is 4.26. The van der Waals surface area contributed by atoms with Crippen molar-refractivity contribution in [3.8, 4) is 11.5 Å². The van der Waals surface area contributed by atoms with E-state index in [1.54, 1.807) is 31.2 Å². The number of hydrogen-bond acceptors (Lipinski definition) is 3. The number of carbonyl (C=O) groups is 2. The maximum absolute atomic E-state index is 12.0. The van der Waals surface area contributed by atoms with E-state index in [1.807, 2.05) is 0 Å². The Morgan fingerprint density at radius 2 is 1.64 bits per heavy atom. The number of ether oxygens (including phenoxy) is 1. The van der Waals surface area contributed by atoms with Gasteiger partial charge >= 0.3 is 6.03 Å². The van der Waals surface area contributed by atoms with Gasteiger partial charge in [-0.3, -0.25) is 15.0 Å². The fourth-order valence-corrected chi connectivity index (χ4v) is 3.02. The summed E-state index contributed by atoms with van der Waals surface area (Å²) in [4.78, 5) is 25.0. The van der Waals surface area contributed by atoms with Gasteiger partial charge in [-0.15, -0.1) is 0 Å². The summed E-state index contributed by atoms with van der Waals surface area (Å²) in [5.74, 6) is 0.257. The molecule has 0 atom stereocenters. The molecule has 0 aromatic heterocycles. The highest BCUT2D eigenvalue weighted by molar-refractivity contribution is 6.38. The second kappa shape index (κ2) is 6.96. The molecule has 0 aliphatic carbocycles. The summed E-state index contributed by atoms with van der Waals surface area (Å²) < 4.78 is 5.69. The number of allylic oxidation sites excluding steroid dienone is 1. The fourth-order valence-electron chi connectivity index (χ4n) is 2.34.